The second-order valence-electron chi connectivity index (χ2n) is 4.02. The predicted octanol–water partition coefficient (Wildman–Crippen LogP) is 2.53. The molecule has 0 radical (unpaired) electrons. The Kier molecular flexibility index (Phi) is 1.62. The Labute approximate surface area is 87.3 Å². The van der Waals surface area contributed by atoms with Gasteiger partial charge < -0.3 is 5.32 Å². The zero-order chi connectivity index (χ0) is 9.71. The van der Waals surface area contributed by atoms with Crippen LogP contribution in [0.2, 0.25) is 5.02 Å². The molecule has 1 fully saturated rings. The SMILES string of the molecule is O=C1NC(C2CC2)c2ccc(Cl)cc21. The fourth-order valence-electron chi connectivity index (χ4n) is 2.09. The molecule has 1 saturated carbocycles. The average molecular weight is 208 g/mol. The fraction of sp³-hybridized carbons (Fsp3) is 0.364. The van der Waals surface area contributed by atoms with Crippen LogP contribution in [0.1, 0.15) is 34.8 Å². The molecule has 0 aromatic heterocycles. The minimum absolute atomic E-state index is 0.0272. The number of halogens is 1. The van der Waals surface area contributed by atoms with Crippen molar-refractivity contribution in [2.45, 2.75) is 18.9 Å². The van der Waals surface area contributed by atoms with Gasteiger partial charge in [-0.05, 0) is 36.5 Å². The first-order valence-corrected chi connectivity index (χ1v) is 5.24. The maximum atomic E-state index is 11.6. The second kappa shape index (κ2) is 2.74. The van der Waals surface area contributed by atoms with Crippen molar-refractivity contribution in [3.05, 3.63) is 34.3 Å². The molecule has 1 heterocycles. The molecule has 1 unspecified atom stereocenters. The molecule has 3 rings (SSSR count). The van der Waals surface area contributed by atoms with Crippen LogP contribution < -0.4 is 5.32 Å². The molecule has 1 N–H and O–H groups in total. The number of fused-ring (bicyclic) bond motifs is 1. The topological polar surface area (TPSA) is 29.1 Å². The van der Waals surface area contributed by atoms with Crippen molar-refractivity contribution in [2.75, 3.05) is 0 Å². The van der Waals surface area contributed by atoms with Gasteiger partial charge in [0.25, 0.3) is 5.91 Å². The van der Waals surface area contributed by atoms with Crippen molar-refractivity contribution < 1.29 is 4.79 Å². The van der Waals surface area contributed by atoms with Gasteiger partial charge in [0.15, 0.2) is 0 Å². The first kappa shape index (κ1) is 8.30. The fourth-order valence-corrected chi connectivity index (χ4v) is 2.27. The summed E-state index contributed by atoms with van der Waals surface area (Å²) in [6, 6.07) is 5.83. The summed E-state index contributed by atoms with van der Waals surface area (Å²) < 4.78 is 0. The molecule has 3 heteroatoms. The Balaban J connectivity index is 2.09. The van der Waals surface area contributed by atoms with Gasteiger partial charge in [-0.25, -0.2) is 0 Å². The van der Waals surface area contributed by atoms with Gasteiger partial charge in [0.1, 0.15) is 0 Å². The number of hydrogen-bond acceptors (Lipinski definition) is 1. The lowest BCUT2D eigenvalue weighted by Crippen LogP contribution is -2.20. The van der Waals surface area contributed by atoms with Crippen molar-refractivity contribution in [3.8, 4) is 0 Å². The van der Waals surface area contributed by atoms with Crippen LogP contribution in [0.3, 0.4) is 0 Å². The monoisotopic (exact) mass is 207 g/mol. The quantitative estimate of drug-likeness (QED) is 0.754. The highest BCUT2D eigenvalue weighted by Gasteiger charge is 2.39. The van der Waals surface area contributed by atoms with Crippen molar-refractivity contribution in [2.24, 2.45) is 5.92 Å². The van der Waals surface area contributed by atoms with Gasteiger partial charge in [-0.2, -0.15) is 0 Å². The van der Waals surface area contributed by atoms with Crippen LogP contribution in [0.25, 0.3) is 0 Å². The Hall–Kier alpha value is -1.02. The summed E-state index contributed by atoms with van der Waals surface area (Å²) in [4.78, 5) is 11.6. The van der Waals surface area contributed by atoms with Crippen LogP contribution in [0.15, 0.2) is 18.2 Å². The van der Waals surface area contributed by atoms with E-state index in [0.717, 1.165) is 11.1 Å². The van der Waals surface area contributed by atoms with Gasteiger partial charge in [-0.3, -0.25) is 4.79 Å². The zero-order valence-corrected chi connectivity index (χ0v) is 8.34. The van der Waals surface area contributed by atoms with Gasteiger partial charge in [0, 0.05) is 10.6 Å². The van der Waals surface area contributed by atoms with Gasteiger partial charge in [0.05, 0.1) is 6.04 Å². The Morgan fingerprint density at radius 1 is 1.36 bits per heavy atom. The molecule has 1 amide bonds. The summed E-state index contributed by atoms with van der Waals surface area (Å²) in [5, 5.41) is 3.65. The van der Waals surface area contributed by atoms with Crippen LogP contribution in [0.5, 0.6) is 0 Å². The van der Waals surface area contributed by atoms with E-state index in [1.165, 1.54) is 12.8 Å². The molecule has 72 valence electrons. The third-order valence-corrected chi connectivity index (χ3v) is 3.21. The third-order valence-electron chi connectivity index (χ3n) is 2.98. The molecule has 1 atom stereocenters. The van der Waals surface area contributed by atoms with Crippen molar-refractivity contribution in [3.63, 3.8) is 0 Å². The molecule has 0 bridgehead atoms. The maximum Gasteiger partial charge on any atom is 0.252 e. The molecule has 0 saturated heterocycles. The van der Waals surface area contributed by atoms with Gasteiger partial charge in [0.2, 0.25) is 0 Å². The normalized spacial score (nSPS) is 24.6. The molecule has 1 aliphatic carbocycles. The zero-order valence-electron chi connectivity index (χ0n) is 7.59. The summed E-state index contributed by atoms with van der Waals surface area (Å²) in [6.07, 6.45) is 2.46. The highest BCUT2D eigenvalue weighted by atomic mass is 35.5. The molecule has 1 aromatic rings. The lowest BCUT2D eigenvalue weighted by molar-refractivity contribution is 0.0953. The van der Waals surface area contributed by atoms with Crippen LogP contribution in [-0.4, -0.2) is 5.91 Å². The van der Waals surface area contributed by atoms with E-state index in [0.29, 0.717) is 10.9 Å². The summed E-state index contributed by atoms with van der Waals surface area (Å²) in [5.41, 5.74) is 1.89. The molecule has 1 aliphatic heterocycles. The number of nitrogens with one attached hydrogen (secondary N) is 1. The lowest BCUT2D eigenvalue weighted by atomic mass is 10.0. The van der Waals surface area contributed by atoms with Crippen LogP contribution in [0, 0.1) is 5.92 Å². The van der Waals surface area contributed by atoms with E-state index in [4.69, 9.17) is 11.6 Å². The van der Waals surface area contributed by atoms with Gasteiger partial charge >= 0.3 is 0 Å². The molecule has 2 nitrogen and oxygen atoms in total. The van der Waals surface area contributed by atoms with Crippen molar-refractivity contribution in [1.29, 1.82) is 0 Å². The number of hydrogen-bond donors (Lipinski definition) is 1. The Morgan fingerprint density at radius 3 is 2.86 bits per heavy atom. The van der Waals surface area contributed by atoms with Crippen LogP contribution in [-0.2, 0) is 0 Å². The highest BCUT2D eigenvalue weighted by molar-refractivity contribution is 6.31. The van der Waals surface area contributed by atoms with E-state index < -0.39 is 0 Å². The standard InChI is InChI=1S/C11H10ClNO/c12-7-3-4-8-9(5-7)11(14)13-10(8)6-1-2-6/h3-6,10H,1-2H2,(H,13,14). The van der Waals surface area contributed by atoms with Gasteiger partial charge in [-0.1, -0.05) is 17.7 Å². The van der Waals surface area contributed by atoms with E-state index >= 15 is 0 Å². The van der Waals surface area contributed by atoms with E-state index in [-0.39, 0.29) is 11.9 Å². The predicted molar refractivity (Wildman–Crippen MR) is 54.4 cm³/mol. The number of carbonyl (C=O) groups is 1. The number of carbonyl (C=O) groups excluding carboxylic acids is 1. The Morgan fingerprint density at radius 2 is 2.14 bits per heavy atom. The summed E-state index contributed by atoms with van der Waals surface area (Å²) in [5.74, 6) is 0.681. The first-order chi connectivity index (χ1) is 6.75. The van der Waals surface area contributed by atoms with Crippen LogP contribution in [0.4, 0.5) is 0 Å². The highest BCUT2D eigenvalue weighted by Crippen LogP contribution is 2.44. The minimum atomic E-state index is 0.0272. The number of amides is 1. The van der Waals surface area contributed by atoms with Crippen molar-refractivity contribution in [1.82, 2.24) is 5.32 Å². The molecule has 2 aliphatic rings. The number of rotatable bonds is 1. The second-order valence-corrected chi connectivity index (χ2v) is 4.46. The maximum absolute atomic E-state index is 11.6. The summed E-state index contributed by atoms with van der Waals surface area (Å²) in [6.45, 7) is 0. The third kappa shape index (κ3) is 1.14. The summed E-state index contributed by atoms with van der Waals surface area (Å²) in [7, 11) is 0. The first-order valence-electron chi connectivity index (χ1n) is 4.86. The van der Waals surface area contributed by atoms with E-state index in [2.05, 4.69) is 5.32 Å². The van der Waals surface area contributed by atoms with Crippen LogP contribution >= 0.6 is 11.6 Å². The van der Waals surface area contributed by atoms with Crippen molar-refractivity contribution >= 4 is 17.5 Å². The smallest absolute Gasteiger partial charge is 0.252 e. The molecular formula is C11H10ClNO. The van der Waals surface area contributed by atoms with E-state index in [9.17, 15) is 4.79 Å². The summed E-state index contributed by atoms with van der Waals surface area (Å²) >= 11 is 5.85. The minimum Gasteiger partial charge on any atom is -0.345 e. The van der Waals surface area contributed by atoms with Gasteiger partial charge in [-0.15, -0.1) is 0 Å². The molecule has 1 aromatic carbocycles. The average Bonchev–Trinajstić information content (AvgIpc) is 2.94. The largest absolute Gasteiger partial charge is 0.345 e. The Bertz CT molecular complexity index is 412. The number of benzene rings is 1. The van der Waals surface area contributed by atoms with E-state index in [1.54, 1.807) is 6.07 Å². The van der Waals surface area contributed by atoms with E-state index in [1.807, 2.05) is 12.1 Å². The lowest BCUT2D eigenvalue weighted by Gasteiger charge is -2.08. The molecular weight excluding hydrogens is 198 g/mol. The molecule has 14 heavy (non-hydrogen) atoms. The molecule has 0 spiro atoms.